The molecular weight excluding hydrogens is 184 g/mol. The molecule has 0 saturated heterocycles. The van der Waals surface area contributed by atoms with Gasteiger partial charge in [-0.1, -0.05) is 12.1 Å². The van der Waals surface area contributed by atoms with Crippen LogP contribution in [0.4, 0.5) is 0 Å². The third-order valence-corrected chi connectivity index (χ3v) is 3.61. The Morgan fingerprint density at radius 2 is 1.87 bits per heavy atom. The van der Waals surface area contributed by atoms with E-state index in [4.69, 9.17) is 0 Å². The zero-order valence-electron chi connectivity index (χ0n) is 9.34. The summed E-state index contributed by atoms with van der Waals surface area (Å²) < 4.78 is 0. The van der Waals surface area contributed by atoms with E-state index in [1.54, 1.807) is 16.7 Å². The number of hydrogen-bond acceptors (Lipinski definition) is 2. The minimum absolute atomic E-state index is 1.07. The van der Waals surface area contributed by atoms with E-state index in [1.165, 1.54) is 24.9 Å². The predicted molar refractivity (Wildman–Crippen MR) is 61.9 cm³/mol. The molecule has 3 rings (SSSR count). The second kappa shape index (κ2) is 3.62. The van der Waals surface area contributed by atoms with Gasteiger partial charge in [-0.05, 0) is 48.7 Å². The van der Waals surface area contributed by atoms with Gasteiger partial charge in [-0.3, -0.25) is 0 Å². The first kappa shape index (κ1) is 9.37. The van der Waals surface area contributed by atoms with Crippen LogP contribution in [0.3, 0.4) is 0 Å². The summed E-state index contributed by atoms with van der Waals surface area (Å²) in [4.78, 5) is 2.41. The zero-order valence-corrected chi connectivity index (χ0v) is 9.34. The molecule has 0 spiro atoms. The Hall–Kier alpha value is -0.860. The summed E-state index contributed by atoms with van der Waals surface area (Å²) in [7, 11) is 2.21. The van der Waals surface area contributed by atoms with E-state index in [0.717, 1.165) is 19.6 Å². The van der Waals surface area contributed by atoms with Crippen molar-refractivity contribution in [3.05, 3.63) is 34.4 Å². The first-order valence-electron chi connectivity index (χ1n) is 5.86. The fourth-order valence-corrected chi connectivity index (χ4v) is 2.70. The van der Waals surface area contributed by atoms with Crippen molar-refractivity contribution < 1.29 is 0 Å². The molecule has 0 bridgehead atoms. The molecule has 0 saturated carbocycles. The molecule has 0 unspecified atom stereocenters. The molecule has 80 valence electrons. The predicted octanol–water partition coefficient (Wildman–Crippen LogP) is 1.32. The first-order valence-corrected chi connectivity index (χ1v) is 5.86. The maximum atomic E-state index is 3.45. The minimum Gasteiger partial charge on any atom is -0.312 e. The average Bonchev–Trinajstić information content (AvgIpc) is 2.26. The molecule has 0 atom stereocenters. The van der Waals surface area contributed by atoms with E-state index in [2.05, 4.69) is 29.4 Å². The Morgan fingerprint density at radius 1 is 1.07 bits per heavy atom. The Kier molecular flexibility index (Phi) is 2.26. The summed E-state index contributed by atoms with van der Waals surface area (Å²) in [6.45, 7) is 4.55. The van der Waals surface area contributed by atoms with Gasteiger partial charge in [0.25, 0.3) is 0 Å². The highest BCUT2D eigenvalue weighted by atomic mass is 15.1. The maximum absolute atomic E-state index is 3.45. The van der Waals surface area contributed by atoms with Gasteiger partial charge in [0.05, 0.1) is 0 Å². The fraction of sp³-hybridized carbons (Fsp3) is 0.538. The number of hydrogen-bond donors (Lipinski definition) is 1. The van der Waals surface area contributed by atoms with Crippen LogP contribution in [0, 0.1) is 0 Å². The van der Waals surface area contributed by atoms with Crippen molar-refractivity contribution in [2.75, 3.05) is 20.1 Å². The SMILES string of the molecule is CN1CCc2cc3c(cc2C1)CCNC3. The van der Waals surface area contributed by atoms with Crippen molar-refractivity contribution in [1.29, 1.82) is 0 Å². The molecule has 1 aromatic rings. The number of fused-ring (bicyclic) bond motifs is 2. The van der Waals surface area contributed by atoms with E-state index in [1.807, 2.05) is 0 Å². The van der Waals surface area contributed by atoms with E-state index < -0.39 is 0 Å². The van der Waals surface area contributed by atoms with Crippen molar-refractivity contribution >= 4 is 0 Å². The Bertz CT molecular complexity index is 384. The third-order valence-electron chi connectivity index (χ3n) is 3.61. The monoisotopic (exact) mass is 202 g/mol. The molecule has 2 aliphatic rings. The molecule has 0 radical (unpaired) electrons. The zero-order chi connectivity index (χ0) is 10.3. The van der Waals surface area contributed by atoms with Gasteiger partial charge in [-0.25, -0.2) is 0 Å². The van der Waals surface area contributed by atoms with Crippen molar-refractivity contribution in [3.8, 4) is 0 Å². The molecule has 0 aromatic heterocycles. The van der Waals surface area contributed by atoms with Crippen LogP contribution in [-0.2, 0) is 25.9 Å². The lowest BCUT2D eigenvalue weighted by Gasteiger charge is -2.28. The molecule has 0 fully saturated rings. The van der Waals surface area contributed by atoms with Crippen LogP contribution >= 0.6 is 0 Å². The van der Waals surface area contributed by atoms with Gasteiger partial charge in [0.1, 0.15) is 0 Å². The molecule has 0 amide bonds. The van der Waals surface area contributed by atoms with Crippen LogP contribution in [0.2, 0.25) is 0 Å². The normalized spacial score (nSPS) is 20.9. The van der Waals surface area contributed by atoms with Gasteiger partial charge in [-0.2, -0.15) is 0 Å². The molecular formula is C13H18N2. The highest BCUT2D eigenvalue weighted by molar-refractivity contribution is 5.40. The summed E-state index contributed by atoms with van der Waals surface area (Å²) in [5.74, 6) is 0. The number of likely N-dealkylation sites (N-methyl/N-ethyl adjacent to an activating group) is 1. The Morgan fingerprint density at radius 3 is 2.80 bits per heavy atom. The van der Waals surface area contributed by atoms with Gasteiger partial charge < -0.3 is 10.2 Å². The summed E-state index contributed by atoms with van der Waals surface area (Å²) in [6.07, 6.45) is 2.42. The quantitative estimate of drug-likeness (QED) is 0.682. The van der Waals surface area contributed by atoms with E-state index in [9.17, 15) is 0 Å². The van der Waals surface area contributed by atoms with Crippen LogP contribution in [0.1, 0.15) is 22.3 Å². The largest absolute Gasteiger partial charge is 0.312 e. The lowest BCUT2D eigenvalue weighted by Crippen LogP contribution is -2.29. The standard InChI is InChI=1S/C13H18N2/c1-15-5-3-11-6-12-8-14-4-2-10(12)7-13(11)9-15/h6-7,14H,2-5,8-9H2,1H3. The highest BCUT2D eigenvalue weighted by Crippen LogP contribution is 2.24. The van der Waals surface area contributed by atoms with E-state index in [-0.39, 0.29) is 0 Å². The molecule has 0 aliphatic carbocycles. The van der Waals surface area contributed by atoms with Crippen molar-refractivity contribution in [1.82, 2.24) is 10.2 Å². The van der Waals surface area contributed by atoms with Crippen molar-refractivity contribution in [2.45, 2.75) is 25.9 Å². The summed E-state index contributed by atoms with van der Waals surface area (Å²) in [5, 5.41) is 3.45. The average molecular weight is 202 g/mol. The van der Waals surface area contributed by atoms with Crippen molar-refractivity contribution in [2.24, 2.45) is 0 Å². The van der Waals surface area contributed by atoms with E-state index >= 15 is 0 Å². The summed E-state index contributed by atoms with van der Waals surface area (Å²) in [5.41, 5.74) is 6.24. The van der Waals surface area contributed by atoms with Gasteiger partial charge in [0.15, 0.2) is 0 Å². The van der Waals surface area contributed by atoms with Crippen LogP contribution in [0.5, 0.6) is 0 Å². The lowest BCUT2D eigenvalue weighted by atomic mass is 9.91. The lowest BCUT2D eigenvalue weighted by molar-refractivity contribution is 0.312. The first-order chi connectivity index (χ1) is 7.33. The third kappa shape index (κ3) is 1.68. The van der Waals surface area contributed by atoms with Crippen LogP contribution in [0.15, 0.2) is 12.1 Å². The van der Waals surface area contributed by atoms with E-state index in [0.29, 0.717) is 0 Å². The van der Waals surface area contributed by atoms with Crippen LogP contribution in [0.25, 0.3) is 0 Å². The molecule has 1 aromatic carbocycles. The molecule has 2 nitrogen and oxygen atoms in total. The fourth-order valence-electron chi connectivity index (χ4n) is 2.70. The van der Waals surface area contributed by atoms with Gasteiger partial charge in [0, 0.05) is 19.6 Å². The smallest absolute Gasteiger partial charge is 0.0233 e. The molecule has 1 N–H and O–H groups in total. The second-order valence-electron chi connectivity index (χ2n) is 4.80. The maximum Gasteiger partial charge on any atom is 0.0233 e. The van der Waals surface area contributed by atoms with Crippen LogP contribution in [-0.4, -0.2) is 25.0 Å². The number of rotatable bonds is 0. The molecule has 2 heteroatoms. The molecule has 15 heavy (non-hydrogen) atoms. The summed E-state index contributed by atoms with van der Waals surface area (Å²) in [6, 6.07) is 4.88. The van der Waals surface area contributed by atoms with Crippen LogP contribution < -0.4 is 5.32 Å². The number of nitrogens with zero attached hydrogens (tertiary/aromatic N) is 1. The van der Waals surface area contributed by atoms with Crippen molar-refractivity contribution in [3.63, 3.8) is 0 Å². The summed E-state index contributed by atoms with van der Waals surface area (Å²) >= 11 is 0. The van der Waals surface area contributed by atoms with Gasteiger partial charge in [-0.15, -0.1) is 0 Å². The Balaban J connectivity index is 2.02. The molecule has 2 aliphatic heterocycles. The second-order valence-corrected chi connectivity index (χ2v) is 4.80. The highest BCUT2D eigenvalue weighted by Gasteiger charge is 2.17. The number of nitrogens with one attached hydrogen (secondary N) is 1. The Labute approximate surface area is 91.3 Å². The molecule has 2 heterocycles. The number of benzene rings is 1. The van der Waals surface area contributed by atoms with Gasteiger partial charge in [0.2, 0.25) is 0 Å². The van der Waals surface area contributed by atoms with Gasteiger partial charge >= 0.3 is 0 Å². The topological polar surface area (TPSA) is 15.3 Å². The minimum atomic E-state index is 1.07.